The zero-order valence-corrected chi connectivity index (χ0v) is 12.7. The molecule has 2 amide bonds. The lowest BCUT2D eigenvalue weighted by Crippen LogP contribution is -2.43. The minimum atomic E-state index is -0.910. The summed E-state index contributed by atoms with van der Waals surface area (Å²) in [5.74, 6) is -0.910. The van der Waals surface area contributed by atoms with E-state index in [4.69, 9.17) is 5.11 Å². The van der Waals surface area contributed by atoms with E-state index in [2.05, 4.69) is 19.2 Å². The highest BCUT2D eigenvalue weighted by molar-refractivity contribution is 5.93. The zero-order valence-electron chi connectivity index (χ0n) is 12.7. The van der Waals surface area contributed by atoms with Crippen molar-refractivity contribution in [3.8, 4) is 0 Å². The van der Waals surface area contributed by atoms with Crippen molar-refractivity contribution in [2.45, 2.75) is 39.7 Å². The van der Waals surface area contributed by atoms with Gasteiger partial charge in [-0.1, -0.05) is 31.5 Å². The maximum absolute atomic E-state index is 12.4. The minimum absolute atomic E-state index is 0.0741. The van der Waals surface area contributed by atoms with Crippen molar-refractivity contribution in [1.82, 2.24) is 5.32 Å². The number of aryl methyl sites for hydroxylation is 1. The summed E-state index contributed by atoms with van der Waals surface area (Å²) >= 11 is 0. The van der Waals surface area contributed by atoms with E-state index >= 15 is 0 Å². The monoisotopic (exact) mass is 290 g/mol. The van der Waals surface area contributed by atoms with Crippen molar-refractivity contribution in [2.24, 2.45) is 5.41 Å². The van der Waals surface area contributed by atoms with Gasteiger partial charge >= 0.3 is 12.0 Å². The largest absolute Gasteiger partial charge is 0.481 e. The summed E-state index contributed by atoms with van der Waals surface area (Å²) in [5, 5.41) is 11.8. The first kappa shape index (κ1) is 15.4. The fourth-order valence-corrected chi connectivity index (χ4v) is 2.22. The molecule has 0 saturated heterocycles. The smallest absolute Gasteiger partial charge is 0.322 e. The number of anilines is 1. The van der Waals surface area contributed by atoms with Gasteiger partial charge < -0.3 is 10.4 Å². The number of carbonyl (C=O) groups is 2. The van der Waals surface area contributed by atoms with Crippen molar-refractivity contribution in [1.29, 1.82) is 0 Å². The predicted octanol–water partition coefficient (Wildman–Crippen LogP) is 2.78. The van der Waals surface area contributed by atoms with E-state index < -0.39 is 5.97 Å². The van der Waals surface area contributed by atoms with Gasteiger partial charge in [-0.2, -0.15) is 0 Å². The summed E-state index contributed by atoms with van der Waals surface area (Å²) in [6, 6.07) is 7.46. The molecule has 0 heterocycles. The molecule has 1 aromatic carbocycles. The molecule has 0 aliphatic heterocycles. The molecule has 5 nitrogen and oxygen atoms in total. The maximum atomic E-state index is 12.4. The van der Waals surface area contributed by atoms with E-state index in [1.54, 1.807) is 0 Å². The highest BCUT2D eigenvalue weighted by atomic mass is 16.4. The van der Waals surface area contributed by atoms with Gasteiger partial charge in [-0.15, -0.1) is 0 Å². The number of nitrogens with zero attached hydrogens (tertiary/aromatic N) is 1. The predicted molar refractivity (Wildman–Crippen MR) is 81.5 cm³/mol. The van der Waals surface area contributed by atoms with E-state index in [1.165, 1.54) is 4.90 Å². The van der Waals surface area contributed by atoms with Gasteiger partial charge in [0, 0.05) is 18.3 Å². The Kier molecular flexibility index (Phi) is 4.21. The zero-order chi connectivity index (χ0) is 15.6. The van der Waals surface area contributed by atoms with Crippen LogP contribution in [0.4, 0.5) is 10.5 Å². The van der Waals surface area contributed by atoms with Crippen LogP contribution in [0.1, 0.15) is 32.3 Å². The second-order valence-electron chi connectivity index (χ2n) is 6.33. The van der Waals surface area contributed by atoms with Crippen LogP contribution < -0.4 is 10.2 Å². The Hall–Kier alpha value is -2.04. The number of carboxylic acids is 1. The summed E-state index contributed by atoms with van der Waals surface area (Å²) < 4.78 is 0. The molecule has 0 radical (unpaired) electrons. The van der Waals surface area contributed by atoms with E-state index in [1.807, 2.05) is 31.2 Å². The molecule has 1 unspecified atom stereocenters. The SMILES string of the molecule is Cc1ccc(N(CCC(=O)O)C(=O)NC2CC2(C)C)cc1. The van der Waals surface area contributed by atoms with Crippen molar-refractivity contribution in [3.63, 3.8) is 0 Å². The van der Waals surface area contributed by atoms with Crippen LogP contribution in [0.15, 0.2) is 24.3 Å². The Bertz CT molecular complexity index is 537. The van der Waals surface area contributed by atoms with Gasteiger partial charge in [-0.25, -0.2) is 4.79 Å². The van der Waals surface area contributed by atoms with E-state index in [0.717, 1.165) is 17.7 Å². The molecule has 1 atom stereocenters. The second kappa shape index (κ2) is 5.76. The molecule has 1 aliphatic carbocycles. The van der Waals surface area contributed by atoms with Gasteiger partial charge in [-0.3, -0.25) is 9.69 Å². The molecular weight excluding hydrogens is 268 g/mol. The number of amides is 2. The molecule has 1 aliphatic rings. The third kappa shape index (κ3) is 3.97. The lowest BCUT2D eigenvalue weighted by molar-refractivity contribution is -0.136. The third-order valence-corrected chi connectivity index (χ3v) is 3.95. The summed E-state index contributed by atoms with van der Waals surface area (Å²) in [7, 11) is 0. The summed E-state index contributed by atoms with van der Waals surface area (Å²) in [5.41, 5.74) is 1.96. The number of hydrogen-bond donors (Lipinski definition) is 2. The molecular formula is C16H22N2O3. The average Bonchev–Trinajstić information content (AvgIpc) is 2.98. The number of aliphatic carboxylic acids is 1. The van der Waals surface area contributed by atoms with E-state index in [0.29, 0.717) is 0 Å². The summed E-state index contributed by atoms with van der Waals surface area (Å²) in [6.45, 7) is 6.34. The summed E-state index contributed by atoms with van der Waals surface area (Å²) in [6.07, 6.45) is 0.884. The standard InChI is InChI=1S/C16H22N2O3/c1-11-4-6-12(7-5-11)18(9-8-14(19)20)15(21)17-13-10-16(13,2)3/h4-7,13H,8-10H2,1-3H3,(H,17,21)(H,19,20). The molecule has 0 aromatic heterocycles. The Morgan fingerprint density at radius 2 is 1.90 bits per heavy atom. The third-order valence-electron chi connectivity index (χ3n) is 3.95. The fourth-order valence-electron chi connectivity index (χ4n) is 2.22. The quantitative estimate of drug-likeness (QED) is 0.876. The van der Waals surface area contributed by atoms with Crippen molar-refractivity contribution < 1.29 is 14.7 Å². The molecule has 2 rings (SSSR count). The topological polar surface area (TPSA) is 69.6 Å². The van der Waals surface area contributed by atoms with Gasteiger partial charge in [0.25, 0.3) is 0 Å². The Labute approximate surface area is 125 Å². The van der Waals surface area contributed by atoms with E-state index in [9.17, 15) is 9.59 Å². The van der Waals surface area contributed by atoms with Crippen LogP contribution in [0.3, 0.4) is 0 Å². The van der Waals surface area contributed by atoms with Gasteiger partial charge in [0.15, 0.2) is 0 Å². The van der Waals surface area contributed by atoms with Crippen molar-refractivity contribution in [3.05, 3.63) is 29.8 Å². The van der Waals surface area contributed by atoms with Crippen LogP contribution in [0, 0.1) is 12.3 Å². The van der Waals surface area contributed by atoms with Crippen LogP contribution in [-0.2, 0) is 4.79 Å². The molecule has 2 N–H and O–H groups in total. The highest BCUT2D eigenvalue weighted by Gasteiger charge is 2.47. The van der Waals surface area contributed by atoms with Gasteiger partial charge in [0.05, 0.1) is 6.42 Å². The number of rotatable bonds is 5. The van der Waals surface area contributed by atoms with Crippen LogP contribution >= 0.6 is 0 Å². The normalized spacial score (nSPS) is 18.9. The van der Waals surface area contributed by atoms with E-state index in [-0.39, 0.29) is 30.5 Å². The fraction of sp³-hybridized carbons (Fsp3) is 0.500. The first-order valence-corrected chi connectivity index (χ1v) is 7.16. The van der Waals surface area contributed by atoms with Crippen molar-refractivity contribution in [2.75, 3.05) is 11.4 Å². The van der Waals surface area contributed by atoms with Gasteiger partial charge in [0.2, 0.25) is 0 Å². The molecule has 21 heavy (non-hydrogen) atoms. The maximum Gasteiger partial charge on any atom is 0.322 e. The Balaban J connectivity index is 2.09. The van der Waals surface area contributed by atoms with Crippen LogP contribution in [0.25, 0.3) is 0 Å². The molecule has 0 bridgehead atoms. The Morgan fingerprint density at radius 3 is 2.38 bits per heavy atom. The molecule has 1 aromatic rings. The first-order chi connectivity index (χ1) is 9.79. The number of carboxylic acid groups (broad SMARTS) is 1. The number of carbonyl (C=O) groups excluding carboxylic acids is 1. The molecule has 0 spiro atoms. The number of benzene rings is 1. The van der Waals surface area contributed by atoms with Gasteiger partial charge in [0.1, 0.15) is 0 Å². The Morgan fingerprint density at radius 1 is 1.33 bits per heavy atom. The van der Waals surface area contributed by atoms with Crippen LogP contribution in [0.5, 0.6) is 0 Å². The highest BCUT2D eigenvalue weighted by Crippen LogP contribution is 2.44. The lowest BCUT2D eigenvalue weighted by Gasteiger charge is -2.23. The molecule has 114 valence electrons. The minimum Gasteiger partial charge on any atom is -0.481 e. The van der Waals surface area contributed by atoms with Crippen LogP contribution in [0.2, 0.25) is 0 Å². The average molecular weight is 290 g/mol. The van der Waals surface area contributed by atoms with Gasteiger partial charge in [-0.05, 0) is 30.9 Å². The van der Waals surface area contributed by atoms with Crippen molar-refractivity contribution >= 4 is 17.7 Å². The molecule has 1 fully saturated rings. The first-order valence-electron chi connectivity index (χ1n) is 7.16. The number of hydrogen-bond acceptors (Lipinski definition) is 2. The number of nitrogens with one attached hydrogen (secondary N) is 1. The van der Waals surface area contributed by atoms with Crippen LogP contribution in [-0.4, -0.2) is 29.7 Å². The lowest BCUT2D eigenvalue weighted by atomic mass is 10.2. The summed E-state index contributed by atoms with van der Waals surface area (Å²) in [4.78, 5) is 24.7. The molecule has 1 saturated carbocycles. The molecule has 5 heteroatoms. The number of urea groups is 1. The second-order valence-corrected chi connectivity index (χ2v) is 6.33.